The van der Waals surface area contributed by atoms with Crippen molar-refractivity contribution in [2.45, 2.75) is 39.8 Å². The summed E-state index contributed by atoms with van der Waals surface area (Å²) < 4.78 is 35.2. The normalized spacial score (nSPS) is 12.5. The molecule has 1 aromatic carbocycles. The molecule has 0 saturated carbocycles. The van der Waals surface area contributed by atoms with Gasteiger partial charge in [0.05, 0.1) is 11.3 Å². The molecule has 0 radical (unpaired) electrons. The smallest absolute Gasteiger partial charge is 0.270 e. The van der Waals surface area contributed by atoms with Crippen molar-refractivity contribution in [3.63, 3.8) is 0 Å². The van der Waals surface area contributed by atoms with Gasteiger partial charge in [0, 0.05) is 18.8 Å². The lowest BCUT2D eigenvalue weighted by Gasteiger charge is -2.12. The summed E-state index contributed by atoms with van der Waals surface area (Å²) >= 11 is 0. The SMILES string of the molecule is C/C=C/CC(N)CNC(=O)c1c(C)nc2c(OCc3c(F)cccc3F)cc(C)cn12. The standard InChI is InChI=1S/C23H26F2N4O2/c1-4-5-7-16(26)11-27-23(30)21-15(3)28-22-20(10-14(2)12-29(21)22)31-13-17-18(24)8-6-9-19(17)25/h4-6,8-10,12,16H,7,11,13,26H2,1-3H3,(H,27,30)/b5-4+. The Morgan fingerprint density at radius 1 is 1.32 bits per heavy atom. The third kappa shape index (κ3) is 5.08. The van der Waals surface area contributed by atoms with Crippen molar-refractivity contribution in [1.29, 1.82) is 0 Å². The molecule has 1 atom stereocenters. The van der Waals surface area contributed by atoms with Gasteiger partial charge in [-0.25, -0.2) is 13.8 Å². The van der Waals surface area contributed by atoms with E-state index < -0.39 is 11.6 Å². The molecule has 2 heterocycles. The molecule has 1 amide bonds. The van der Waals surface area contributed by atoms with E-state index in [1.54, 1.807) is 23.6 Å². The maximum absolute atomic E-state index is 13.9. The number of benzene rings is 1. The van der Waals surface area contributed by atoms with E-state index in [9.17, 15) is 13.6 Å². The molecular formula is C23H26F2N4O2. The summed E-state index contributed by atoms with van der Waals surface area (Å²) in [5, 5.41) is 2.84. The lowest BCUT2D eigenvalue weighted by atomic mass is 10.2. The second-order valence-electron chi connectivity index (χ2n) is 7.38. The first-order valence-corrected chi connectivity index (χ1v) is 10.0. The van der Waals surface area contributed by atoms with E-state index >= 15 is 0 Å². The van der Waals surface area contributed by atoms with E-state index in [1.807, 2.05) is 26.0 Å². The lowest BCUT2D eigenvalue weighted by molar-refractivity contribution is 0.0944. The molecule has 0 saturated heterocycles. The van der Waals surface area contributed by atoms with Crippen LogP contribution in [0.25, 0.3) is 5.65 Å². The van der Waals surface area contributed by atoms with Gasteiger partial charge in [-0.15, -0.1) is 0 Å². The number of nitrogens with one attached hydrogen (secondary N) is 1. The van der Waals surface area contributed by atoms with Crippen LogP contribution in [0.5, 0.6) is 5.75 Å². The first kappa shape index (κ1) is 22.4. The number of imidazole rings is 1. The summed E-state index contributed by atoms with van der Waals surface area (Å²) in [6, 6.07) is 5.17. The average molecular weight is 428 g/mol. The fourth-order valence-corrected chi connectivity index (χ4v) is 3.26. The quantitative estimate of drug-likeness (QED) is 0.535. The number of allylic oxidation sites excluding steroid dienone is 1. The molecular weight excluding hydrogens is 402 g/mol. The molecule has 2 aromatic heterocycles. The minimum atomic E-state index is -0.683. The summed E-state index contributed by atoms with van der Waals surface area (Å²) in [4.78, 5) is 17.3. The number of halogens is 2. The van der Waals surface area contributed by atoms with Crippen LogP contribution in [0.4, 0.5) is 8.78 Å². The summed E-state index contributed by atoms with van der Waals surface area (Å²) in [5.74, 6) is -1.35. The third-order valence-electron chi connectivity index (χ3n) is 4.85. The molecule has 0 aliphatic carbocycles. The zero-order chi connectivity index (χ0) is 22.5. The Balaban J connectivity index is 1.86. The second-order valence-corrected chi connectivity index (χ2v) is 7.38. The Hall–Kier alpha value is -3.26. The molecule has 6 nitrogen and oxygen atoms in total. The van der Waals surface area contributed by atoms with Crippen molar-refractivity contribution in [2.75, 3.05) is 6.54 Å². The minimum absolute atomic E-state index is 0.168. The van der Waals surface area contributed by atoms with Gasteiger partial charge in [0.25, 0.3) is 5.91 Å². The molecule has 3 aromatic rings. The number of nitrogens with two attached hydrogens (primary N) is 1. The van der Waals surface area contributed by atoms with Gasteiger partial charge in [0.1, 0.15) is 23.9 Å². The van der Waals surface area contributed by atoms with Crippen LogP contribution in [0.1, 0.15) is 40.7 Å². The van der Waals surface area contributed by atoms with Crippen molar-refractivity contribution in [1.82, 2.24) is 14.7 Å². The molecule has 0 spiro atoms. The topological polar surface area (TPSA) is 81.6 Å². The number of aryl methyl sites for hydroxylation is 2. The summed E-state index contributed by atoms with van der Waals surface area (Å²) in [6.07, 6.45) is 6.28. The molecule has 3 N–H and O–H groups in total. The fraction of sp³-hybridized carbons (Fsp3) is 0.304. The highest BCUT2D eigenvalue weighted by atomic mass is 19.1. The van der Waals surface area contributed by atoms with Gasteiger partial charge in [0.2, 0.25) is 0 Å². The molecule has 164 valence electrons. The minimum Gasteiger partial charge on any atom is -0.485 e. The van der Waals surface area contributed by atoms with Gasteiger partial charge in [0.15, 0.2) is 11.4 Å². The Labute approximate surface area is 179 Å². The number of rotatable bonds is 8. The van der Waals surface area contributed by atoms with E-state index in [0.717, 1.165) is 5.56 Å². The van der Waals surface area contributed by atoms with Crippen LogP contribution in [0.2, 0.25) is 0 Å². The van der Waals surface area contributed by atoms with Crippen molar-refractivity contribution in [3.05, 3.63) is 76.8 Å². The monoisotopic (exact) mass is 428 g/mol. The summed E-state index contributed by atoms with van der Waals surface area (Å²) in [6.45, 7) is 5.48. The number of carbonyl (C=O) groups excluding carboxylic acids is 1. The third-order valence-corrected chi connectivity index (χ3v) is 4.85. The maximum Gasteiger partial charge on any atom is 0.270 e. The number of pyridine rings is 1. The van der Waals surface area contributed by atoms with Gasteiger partial charge in [-0.05, 0) is 51.0 Å². The predicted molar refractivity (Wildman–Crippen MR) is 115 cm³/mol. The maximum atomic E-state index is 13.9. The highest BCUT2D eigenvalue weighted by Crippen LogP contribution is 2.26. The van der Waals surface area contributed by atoms with E-state index in [2.05, 4.69) is 10.3 Å². The number of hydrogen-bond acceptors (Lipinski definition) is 4. The number of fused-ring (bicyclic) bond motifs is 1. The molecule has 0 aliphatic rings. The van der Waals surface area contributed by atoms with Crippen molar-refractivity contribution < 1.29 is 18.3 Å². The Morgan fingerprint density at radius 3 is 2.71 bits per heavy atom. The first-order valence-electron chi connectivity index (χ1n) is 10.0. The molecule has 3 rings (SSSR count). The van der Waals surface area contributed by atoms with Crippen LogP contribution < -0.4 is 15.8 Å². The zero-order valence-corrected chi connectivity index (χ0v) is 17.8. The van der Waals surface area contributed by atoms with Crippen LogP contribution in [0.3, 0.4) is 0 Å². The molecule has 1 unspecified atom stereocenters. The van der Waals surface area contributed by atoms with E-state index in [0.29, 0.717) is 35.8 Å². The molecule has 0 bridgehead atoms. The number of ether oxygens (including phenoxy) is 1. The highest BCUT2D eigenvalue weighted by Gasteiger charge is 2.20. The first-order chi connectivity index (χ1) is 14.8. The van der Waals surface area contributed by atoms with Gasteiger partial charge in [-0.3, -0.25) is 9.20 Å². The fourth-order valence-electron chi connectivity index (χ4n) is 3.26. The van der Waals surface area contributed by atoms with Gasteiger partial charge in [-0.1, -0.05) is 18.2 Å². The van der Waals surface area contributed by atoms with Crippen LogP contribution in [0.15, 0.2) is 42.6 Å². The van der Waals surface area contributed by atoms with Crippen LogP contribution in [0, 0.1) is 25.5 Å². The van der Waals surface area contributed by atoms with Crippen molar-refractivity contribution in [2.24, 2.45) is 5.73 Å². The lowest BCUT2D eigenvalue weighted by Crippen LogP contribution is -2.37. The number of carbonyl (C=O) groups is 1. The van der Waals surface area contributed by atoms with Gasteiger partial charge >= 0.3 is 0 Å². The number of nitrogens with zero attached hydrogens (tertiary/aromatic N) is 2. The van der Waals surface area contributed by atoms with Gasteiger partial charge in [-0.2, -0.15) is 0 Å². The molecule has 0 aliphatic heterocycles. The van der Waals surface area contributed by atoms with Crippen LogP contribution in [-0.2, 0) is 6.61 Å². The molecule has 31 heavy (non-hydrogen) atoms. The Bertz CT molecular complexity index is 1100. The molecule has 0 fully saturated rings. The largest absolute Gasteiger partial charge is 0.485 e. The van der Waals surface area contributed by atoms with Crippen LogP contribution in [-0.4, -0.2) is 27.9 Å². The van der Waals surface area contributed by atoms with E-state index in [-0.39, 0.29) is 24.1 Å². The van der Waals surface area contributed by atoms with Crippen LogP contribution >= 0.6 is 0 Å². The molecule has 8 heteroatoms. The van der Waals surface area contributed by atoms with E-state index in [1.165, 1.54) is 18.2 Å². The predicted octanol–water partition coefficient (Wildman–Crippen LogP) is 3.83. The van der Waals surface area contributed by atoms with Crippen molar-refractivity contribution >= 4 is 11.6 Å². The number of amides is 1. The van der Waals surface area contributed by atoms with E-state index in [4.69, 9.17) is 10.5 Å². The van der Waals surface area contributed by atoms with Gasteiger partial charge < -0.3 is 15.8 Å². The second kappa shape index (κ2) is 9.70. The summed E-state index contributed by atoms with van der Waals surface area (Å²) in [7, 11) is 0. The highest BCUT2D eigenvalue weighted by molar-refractivity contribution is 5.95. The van der Waals surface area contributed by atoms with Crippen molar-refractivity contribution in [3.8, 4) is 5.75 Å². The number of aromatic nitrogens is 2. The Morgan fingerprint density at radius 2 is 2.03 bits per heavy atom. The summed E-state index contributed by atoms with van der Waals surface area (Å²) in [5.41, 5.74) is 7.90. The Kier molecular flexibility index (Phi) is 7.02. The average Bonchev–Trinajstić information content (AvgIpc) is 3.05. The number of hydrogen-bond donors (Lipinski definition) is 2. The zero-order valence-electron chi connectivity index (χ0n) is 17.8.